The highest BCUT2D eigenvalue weighted by atomic mass is 35.5. The fourth-order valence-corrected chi connectivity index (χ4v) is 3.08. The maximum atomic E-state index is 12.1. The topological polar surface area (TPSA) is 85.1 Å². The Morgan fingerprint density at radius 3 is 2.37 bits per heavy atom. The Kier molecular flexibility index (Phi) is 3.84. The van der Waals surface area contributed by atoms with Crippen molar-refractivity contribution >= 4 is 44.6 Å². The molecular weight excluding hydrogens is 309 g/mol. The molecule has 0 aliphatic heterocycles. The number of hydrogen-bond acceptors (Lipinski definition) is 4. The van der Waals surface area contributed by atoms with Crippen LogP contribution in [0, 0.1) is 0 Å². The van der Waals surface area contributed by atoms with Crippen molar-refractivity contribution in [3.63, 3.8) is 0 Å². The lowest BCUT2D eigenvalue weighted by molar-refractivity contribution is 0.601. The van der Waals surface area contributed by atoms with Gasteiger partial charge in [-0.15, -0.1) is 0 Å². The first kappa shape index (κ1) is 13.9. The van der Waals surface area contributed by atoms with Crippen molar-refractivity contribution in [2.75, 3.05) is 10.5 Å². The minimum Gasteiger partial charge on any atom is -0.398 e. The summed E-state index contributed by atoms with van der Waals surface area (Å²) in [6.45, 7) is 0. The molecule has 0 atom stereocenters. The number of hydrogen-bond donors (Lipinski definition) is 2. The van der Waals surface area contributed by atoms with Gasteiger partial charge in [-0.3, -0.25) is 9.71 Å². The van der Waals surface area contributed by atoms with Crippen molar-refractivity contribution in [3.8, 4) is 0 Å². The first-order chi connectivity index (χ1) is 8.88. The van der Waals surface area contributed by atoms with Crippen molar-refractivity contribution in [1.29, 1.82) is 0 Å². The van der Waals surface area contributed by atoms with Gasteiger partial charge in [-0.25, -0.2) is 8.42 Å². The maximum absolute atomic E-state index is 12.1. The smallest absolute Gasteiger partial charge is 0.265 e. The molecule has 1 aromatic heterocycles. The lowest BCUT2D eigenvalue weighted by Gasteiger charge is -2.10. The Balaban J connectivity index is 2.39. The van der Waals surface area contributed by atoms with E-state index >= 15 is 0 Å². The lowest BCUT2D eigenvalue weighted by atomic mass is 10.3. The summed E-state index contributed by atoms with van der Waals surface area (Å²) < 4.78 is 26.6. The molecule has 100 valence electrons. The summed E-state index contributed by atoms with van der Waals surface area (Å²) in [6.07, 6.45) is 2.58. The van der Waals surface area contributed by atoms with Crippen molar-refractivity contribution in [2.24, 2.45) is 0 Å². The van der Waals surface area contributed by atoms with Crippen LogP contribution in [0.5, 0.6) is 0 Å². The fraction of sp³-hybridized carbons (Fsp3) is 0. The Bertz CT molecular complexity index is 699. The average molecular weight is 318 g/mol. The van der Waals surface area contributed by atoms with Crippen molar-refractivity contribution in [2.45, 2.75) is 4.90 Å². The number of nitrogens with zero attached hydrogens (tertiary/aromatic N) is 1. The normalized spacial score (nSPS) is 11.3. The molecule has 5 nitrogen and oxygen atoms in total. The third-order valence-corrected chi connectivity index (χ3v) is 4.08. The van der Waals surface area contributed by atoms with Gasteiger partial charge in [0.1, 0.15) is 4.90 Å². The van der Waals surface area contributed by atoms with E-state index in [-0.39, 0.29) is 16.3 Å². The number of nitrogens with one attached hydrogen (secondary N) is 1. The number of sulfonamides is 1. The van der Waals surface area contributed by atoms with Gasteiger partial charge in [0.2, 0.25) is 0 Å². The number of aromatic nitrogens is 1. The summed E-state index contributed by atoms with van der Waals surface area (Å²) in [5.41, 5.74) is 5.97. The fourth-order valence-electron chi connectivity index (χ4n) is 1.44. The van der Waals surface area contributed by atoms with E-state index in [1.807, 2.05) is 0 Å². The maximum Gasteiger partial charge on any atom is 0.265 e. The zero-order valence-corrected chi connectivity index (χ0v) is 11.8. The summed E-state index contributed by atoms with van der Waals surface area (Å²) in [7, 11) is -3.83. The Labute approximate surface area is 120 Å². The second-order valence-electron chi connectivity index (χ2n) is 3.68. The SMILES string of the molecule is Nc1ccncc1S(=O)(=O)Nc1cc(Cl)cc(Cl)c1. The molecule has 0 radical (unpaired) electrons. The Hall–Kier alpha value is -1.50. The van der Waals surface area contributed by atoms with Crippen LogP contribution in [0.2, 0.25) is 10.0 Å². The second-order valence-corrected chi connectivity index (χ2v) is 6.20. The molecule has 0 aliphatic rings. The molecule has 2 rings (SSSR count). The van der Waals surface area contributed by atoms with Gasteiger partial charge >= 0.3 is 0 Å². The summed E-state index contributed by atoms with van der Waals surface area (Å²) in [4.78, 5) is 3.63. The largest absolute Gasteiger partial charge is 0.398 e. The molecular formula is C11H9Cl2N3O2S. The van der Waals surface area contributed by atoms with Crippen LogP contribution in [-0.4, -0.2) is 13.4 Å². The summed E-state index contributed by atoms with van der Waals surface area (Å²) in [5.74, 6) is 0. The third-order valence-electron chi connectivity index (χ3n) is 2.22. The highest BCUT2D eigenvalue weighted by molar-refractivity contribution is 7.92. The molecule has 0 fully saturated rings. The van der Waals surface area contributed by atoms with Crippen LogP contribution in [0.3, 0.4) is 0 Å². The van der Waals surface area contributed by atoms with E-state index in [9.17, 15) is 8.42 Å². The molecule has 0 unspecified atom stereocenters. The molecule has 0 saturated carbocycles. The van der Waals surface area contributed by atoms with Crippen molar-refractivity contribution in [1.82, 2.24) is 4.98 Å². The van der Waals surface area contributed by atoms with Gasteiger partial charge in [-0.05, 0) is 24.3 Å². The van der Waals surface area contributed by atoms with Gasteiger partial charge in [0.25, 0.3) is 10.0 Å². The van der Waals surface area contributed by atoms with Crippen LogP contribution in [0.4, 0.5) is 11.4 Å². The molecule has 2 aromatic rings. The minimum absolute atomic E-state index is 0.105. The zero-order valence-electron chi connectivity index (χ0n) is 9.47. The van der Waals surface area contributed by atoms with E-state index in [4.69, 9.17) is 28.9 Å². The van der Waals surface area contributed by atoms with Gasteiger partial charge in [0, 0.05) is 22.4 Å². The van der Waals surface area contributed by atoms with E-state index in [0.29, 0.717) is 10.0 Å². The van der Waals surface area contributed by atoms with E-state index in [0.717, 1.165) is 0 Å². The number of benzene rings is 1. The third kappa shape index (κ3) is 3.28. The van der Waals surface area contributed by atoms with Gasteiger partial charge in [-0.2, -0.15) is 0 Å². The zero-order chi connectivity index (χ0) is 14.0. The first-order valence-electron chi connectivity index (χ1n) is 5.07. The second kappa shape index (κ2) is 5.24. The molecule has 0 saturated heterocycles. The van der Waals surface area contributed by atoms with Crippen LogP contribution in [-0.2, 0) is 10.0 Å². The number of pyridine rings is 1. The number of anilines is 2. The van der Waals surface area contributed by atoms with Gasteiger partial charge in [0.15, 0.2) is 0 Å². The number of halogens is 2. The summed E-state index contributed by atoms with van der Waals surface area (Å²) in [6, 6.07) is 5.79. The average Bonchev–Trinajstić information content (AvgIpc) is 2.26. The van der Waals surface area contributed by atoms with Crippen LogP contribution in [0.1, 0.15) is 0 Å². The highest BCUT2D eigenvalue weighted by Crippen LogP contribution is 2.25. The monoisotopic (exact) mass is 317 g/mol. The molecule has 0 aliphatic carbocycles. The van der Waals surface area contributed by atoms with E-state index in [2.05, 4.69) is 9.71 Å². The van der Waals surface area contributed by atoms with Gasteiger partial charge < -0.3 is 5.73 Å². The standard InChI is InChI=1S/C11H9Cl2N3O2S/c12-7-3-8(13)5-9(4-7)16-19(17,18)11-6-15-2-1-10(11)14/h1-6,16H,(H2,14,15). The molecule has 1 aromatic carbocycles. The van der Waals surface area contributed by atoms with Crippen molar-refractivity contribution < 1.29 is 8.42 Å². The number of nitrogens with two attached hydrogens (primary N) is 1. The van der Waals surface area contributed by atoms with Crippen LogP contribution in [0.25, 0.3) is 0 Å². The van der Waals surface area contributed by atoms with Crippen molar-refractivity contribution in [3.05, 3.63) is 46.7 Å². The van der Waals surface area contributed by atoms with Crippen LogP contribution < -0.4 is 10.5 Å². The molecule has 1 heterocycles. The van der Waals surface area contributed by atoms with E-state index in [1.54, 1.807) is 0 Å². The van der Waals surface area contributed by atoms with Gasteiger partial charge in [-0.1, -0.05) is 23.2 Å². The predicted octanol–water partition coefficient (Wildman–Crippen LogP) is 2.77. The van der Waals surface area contributed by atoms with Gasteiger partial charge in [0.05, 0.1) is 11.4 Å². The quantitative estimate of drug-likeness (QED) is 0.911. The Morgan fingerprint density at radius 1 is 1.16 bits per heavy atom. The molecule has 0 bridgehead atoms. The first-order valence-corrected chi connectivity index (χ1v) is 7.31. The predicted molar refractivity (Wildman–Crippen MR) is 75.9 cm³/mol. The summed E-state index contributed by atoms with van der Waals surface area (Å²) in [5, 5.41) is 0.647. The number of nitrogen functional groups attached to an aromatic ring is 1. The molecule has 3 N–H and O–H groups in total. The molecule has 8 heteroatoms. The minimum atomic E-state index is -3.83. The highest BCUT2D eigenvalue weighted by Gasteiger charge is 2.18. The Morgan fingerprint density at radius 2 is 1.79 bits per heavy atom. The molecule has 0 amide bonds. The van der Waals surface area contributed by atoms with E-state index in [1.165, 1.54) is 36.7 Å². The van der Waals surface area contributed by atoms with Crippen LogP contribution in [0.15, 0.2) is 41.6 Å². The molecule has 19 heavy (non-hydrogen) atoms. The van der Waals surface area contributed by atoms with Crippen LogP contribution >= 0.6 is 23.2 Å². The number of rotatable bonds is 3. The molecule has 0 spiro atoms. The lowest BCUT2D eigenvalue weighted by Crippen LogP contribution is -2.15. The summed E-state index contributed by atoms with van der Waals surface area (Å²) >= 11 is 11.6. The van der Waals surface area contributed by atoms with E-state index < -0.39 is 10.0 Å².